The van der Waals surface area contributed by atoms with Gasteiger partial charge in [-0.1, -0.05) is 0 Å². The lowest BCUT2D eigenvalue weighted by Gasteiger charge is -2.22. The number of hydrogen-bond donors (Lipinski definition) is 2. The van der Waals surface area contributed by atoms with Crippen molar-refractivity contribution in [3.63, 3.8) is 0 Å². The van der Waals surface area contributed by atoms with Crippen LogP contribution in [0.5, 0.6) is 0 Å². The summed E-state index contributed by atoms with van der Waals surface area (Å²) in [6.45, 7) is 0.388. The average Bonchev–Trinajstić information content (AvgIpc) is 3.50. The summed E-state index contributed by atoms with van der Waals surface area (Å²) >= 11 is 1.36. The van der Waals surface area contributed by atoms with E-state index in [-0.39, 0.29) is 12.0 Å². The highest BCUT2D eigenvalue weighted by molar-refractivity contribution is 7.16. The van der Waals surface area contributed by atoms with Crippen molar-refractivity contribution in [3.8, 4) is 6.07 Å². The predicted octanol–water partition coefficient (Wildman–Crippen LogP) is 3.99. The third-order valence-electron chi connectivity index (χ3n) is 5.25. The van der Waals surface area contributed by atoms with Gasteiger partial charge >= 0.3 is 6.09 Å². The molecule has 3 aromatic heterocycles. The molecule has 0 spiro atoms. The van der Waals surface area contributed by atoms with Crippen LogP contribution < -0.4 is 10.6 Å². The SMILES string of the molecule is Cn1cccc1CNC(=O)OC1CCc2c(sc(NC(=O)C=Cc3ccco3)c2C#N)C1. The predicted molar refractivity (Wildman–Crippen MR) is 120 cm³/mol. The van der Waals surface area contributed by atoms with E-state index in [1.54, 1.807) is 18.2 Å². The van der Waals surface area contributed by atoms with E-state index in [1.165, 1.54) is 23.7 Å². The zero-order valence-corrected chi connectivity index (χ0v) is 18.3. The van der Waals surface area contributed by atoms with Gasteiger partial charge in [-0.25, -0.2) is 4.79 Å². The van der Waals surface area contributed by atoms with Crippen molar-refractivity contribution in [1.82, 2.24) is 9.88 Å². The minimum absolute atomic E-state index is 0.275. The summed E-state index contributed by atoms with van der Waals surface area (Å²) in [6.07, 6.45) is 7.39. The first-order valence-corrected chi connectivity index (χ1v) is 11.0. The number of nitriles is 1. The Bertz CT molecular complexity index is 1180. The second-order valence-electron chi connectivity index (χ2n) is 7.39. The lowest BCUT2D eigenvalue weighted by atomic mass is 9.94. The molecule has 8 nitrogen and oxygen atoms in total. The van der Waals surface area contributed by atoms with Gasteiger partial charge in [0.1, 0.15) is 22.9 Å². The summed E-state index contributed by atoms with van der Waals surface area (Å²) in [5.41, 5.74) is 2.38. The summed E-state index contributed by atoms with van der Waals surface area (Å²) in [6, 6.07) is 9.53. The number of furan rings is 1. The number of nitrogens with one attached hydrogen (secondary N) is 2. The third-order valence-corrected chi connectivity index (χ3v) is 6.42. The monoisotopic (exact) mass is 450 g/mol. The highest BCUT2D eigenvalue weighted by Crippen LogP contribution is 2.38. The number of aryl methyl sites for hydroxylation is 1. The molecule has 4 rings (SSSR count). The molecule has 2 amide bonds. The van der Waals surface area contributed by atoms with Crippen LogP contribution in [0.25, 0.3) is 6.08 Å². The third kappa shape index (κ3) is 4.92. The van der Waals surface area contributed by atoms with Gasteiger partial charge in [0, 0.05) is 36.3 Å². The van der Waals surface area contributed by atoms with E-state index in [0.717, 1.165) is 16.1 Å². The van der Waals surface area contributed by atoms with Crippen molar-refractivity contribution in [2.45, 2.75) is 31.9 Å². The Hall–Kier alpha value is -3.77. The molecular formula is C23H22N4O4S. The van der Waals surface area contributed by atoms with Crippen molar-refractivity contribution in [1.29, 1.82) is 5.26 Å². The van der Waals surface area contributed by atoms with Crippen LogP contribution in [0.1, 0.15) is 33.9 Å². The summed E-state index contributed by atoms with van der Waals surface area (Å²) in [7, 11) is 1.91. The number of thiophene rings is 1. The van der Waals surface area contributed by atoms with Gasteiger partial charge in [0.15, 0.2) is 0 Å². The number of carbonyl (C=O) groups is 2. The second-order valence-corrected chi connectivity index (χ2v) is 8.50. The van der Waals surface area contributed by atoms with E-state index in [2.05, 4.69) is 16.7 Å². The topological polar surface area (TPSA) is 109 Å². The molecular weight excluding hydrogens is 428 g/mol. The fourth-order valence-corrected chi connectivity index (χ4v) is 4.86. The van der Waals surface area contributed by atoms with E-state index >= 15 is 0 Å². The largest absolute Gasteiger partial charge is 0.465 e. The number of fused-ring (bicyclic) bond motifs is 1. The Morgan fingerprint density at radius 3 is 3.00 bits per heavy atom. The molecule has 9 heteroatoms. The van der Waals surface area contributed by atoms with E-state index < -0.39 is 6.09 Å². The first-order valence-electron chi connectivity index (χ1n) is 10.2. The number of carbonyl (C=O) groups excluding carboxylic acids is 2. The summed E-state index contributed by atoms with van der Waals surface area (Å²) in [5, 5.41) is 15.7. The average molecular weight is 451 g/mol. The molecule has 2 N–H and O–H groups in total. The lowest BCUT2D eigenvalue weighted by molar-refractivity contribution is -0.111. The maximum absolute atomic E-state index is 12.3. The molecule has 3 heterocycles. The van der Waals surface area contributed by atoms with Crippen LogP contribution >= 0.6 is 11.3 Å². The van der Waals surface area contributed by atoms with Crippen molar-refractivity contribution in [3.05, 3.63) is 70.3 Å². The zero-order valence-electron chi connectivity index (χ0n) is 17.5. The maximum atomic E-state index is 12.3. The highest BCUT2D eigenvalue weighted by Gasteiger charge is 2.28. The van der Waals surface area contributed by atoms with Crippen LogP contribution in [-0.2, 0) is 36.0 Å². The molecule has 1 aliphatic carbocycles. The number of amides is 2. The molecule has 0 bridgehead atoms. The maximum Gasteiger partial charge on any atom is 0.407 e. The molecule has 0 aromatic carbocycles. The Labute approximate surface area is 189 Å². The smallest absolute Gasteiger partial charge is 0.407 e. The van der Waals surface area contributed by atoms with Crippen LogP contribution in [0, 0.1) is 11.3 Å². The van der Waals surface area contributed by atoms with Crippen molar-refractivity contribution in [2.24, 2.45) is 7.05 Å². The number of aromatic nitrogens is 1. The summed E-state index contributed by atoms with van der Waals surface area (Å²) < 4.78 is 12.7. The Morgan fingerprint density at radius 2 is 2.28 bits per heavy atom. The van der Waals surface area contributed by atoms with E-state index in [1.807, 2.05) is 29.9 Å². The Balaban J connectivity index is 1.36. The van der Waals surface area contributed by atoms with Gasteiger partial charge in [-0.2, -0.15) is 5.26 Å². The highest BCUT2D eigenvalue weighted by atomic mass is 32.1. The van der Waals surface area contributed by atoms with Crippen LogP contribution in [0.2, 0.25) is 0 Å². The first kappa shape index (κ1) is 21.5. The van der Waals surface area contributed by atoms with Gasteiger partial charge in [-0.3, -0.25) is 4.79 Å². The fourth-order valence-electron chi connectivity index (χ4n) is 3.60. The quantitative estimate of drug-likeness (QED) is 0.552. The zero-order chi connectivity index (χ0) is 22.5. The number of ether oxygens (including phenoxy) is 1. The van der Waals surface area contributed by atoms with Gasteiger partial charge < -0.3 is 24.4 Å². The Kier molecular flexibility index (Phi) is 6.42. The standard InChI is InChI=1S/C23H22N4O4S/c1-27-10-2-4-15(27)14-25-23(29)31-17-6-8-18-19(13-24)22(32-20(18)12-17)26-21(28)9-7-16-5-3-11-30-16/h2-5,7,9-11,17H,6,8,12,14H2,1H3,(H,25,29)(H,26,28). The summed E-state index contributed by atoms with van der Waals surface area (Å²) in [5.74, 6) is 0.223. The Morgan fingerprint density at radius 1 is 1.41 bits per heavy atom. The molecule has 164 valence electrons. The number of alkyl carbamates (subject to hydrolysis) is 1. The molecule has 32 heavy (non-hydrogen) atoms. The van der Waals surface area contributed by atoms with Crippen molar-refractivity contribution in [2.75, 3.05) is 5.32 Å². The molecule has 1 aliphatic rings. The number of rotatable bonds is 6. The molecule has 0 radical (unpaired) electrons. The van der Waals surface area contributed by atoms with Crippen LogP contribution in [0.15, 0.2) is 47.2 Å². The fraction of sp³-hybridized carbons (Fsp3) is 0.261. The molecule has 0 saturated heterocycles. The van der Waals surface area contributed by atoms with Crippen molar-refractivity contribution < 1.29 is 18.7 Å². The van der Waals surface area contributed by atoms with Crippen LogP contribution in [0.3, 0.4) is 0 Å². The minimum Gasteiger partial charge on any atom is -0.465 e. The minimum atomic E-state index is -0.465. The molecule has 0 fully saturated rings. The van der Waals surface area contributed by atoms with Gasteiger partial charge in [-0.05, 0) is 48.7 Å². The van der Waals surface area contributed by atoms with E-state index in [0.29, 0.717) is 42.1 Å². The van der Waals surface area contributed by atoms with Crippen molar-refractivity contribution >= 4 is 34.4 Å². The molecule has 1 unspecified atom stereocenters. The molecule has 1 atom stereocenters. The molecule has 0 saturated carbocycles. The van der Waals surface area contributed by atoms with E-state index in [9.17, 15) is 14.9 Å². The van der Waals surface area contributed by atoms with Crippen LogP contribution in [0.4, 0.5) is 9.80 Å². The van der Waals surface area contributed by atoms with Gasteiger partial charge in [0.05, 0.1) is 18.4 Å². The van der Waals surface area contributed by atoms with E-state index in [4.69, 9.17) is 9.15 Å². The second kappa shape index (κ2) is 9.58. The number of hydrogen-bond acceptors (Lipinski definition) is 6. The number of nitrogens with zero attached hydrogens (tertiary/aromatic N) is 2. The van der Waals surface area contributed by atoms with Gasteiger partial charge in [0.2, 0.25) is 5.91 Å². The molecule has 3 aromatic rings. The van der Waals surface area contributed by atoms with Gasteiger partial charge in [-0.15, -0.1) is 11.3 Å². The van der Waals surface area contributed by atoms with Crippen LogP contribution in [-0.4, -0.2) is 22.7 Å². The summed E-state index contributed by atoms with van der Waals surface area (Å²) in [4.78, 5) is 25.4. The first-order chi connectivity index (χ1) is 15.5. The normalized spacial score (nSPS) is 15.2. The lowest BCUT2D eigenvalue weighted by Crippen LogP contribution is -2.32. The molecule has 0 aliphatic heterocycles. The van der Waals surface area contributed by atoms with Gasteiger partial charge in [0.25, 0.3) is 0 Å². The number of anilines is 1.